The van der Waals surface area contributed by atoms with Crippen LogP contribution in [0.2, 0.25) is 0 Å². The van der Waals surface area contributed by atoms with Crippen LogP contribution in [0.3, 0.4) is 0 Å². The van der Waals surface area contributed by atoms with Gasteiger partial charge in [-0.05, 0) is 29.7 Å². The Morgan fingerprint density at radius 2 is 1.72 bits per heavy atom. The highest BCUT2D eigenvalue weighted by atomic mass is 16.5. The van der Waals surface area contributed by atoms with Crippen molar-refractivity contribution in [2.45, 2.75) is 19.4 Å². The third-order valence-corrected chi connectivity index (χ3v) is 4.03. The molecule has 0 fully saturated rings. The minimum atomic E-state index is -0.223. The van der Waals surface area contributed by atoms with E-state index in [0.717, 1.165) is 11.3 Å². The van der Waals surface area contributed by atoms with Gasteiger partial charge in [-0.2, -0.15) is 0 Å². The third kappa shape index (κ3) is 4.51. The van der Waals surface area contributed by atoms with E-state index in [2.05, 4.69) is 24.4 Å². The zero-order valence-corrected chi connectivity index (χ0v) is 14.1. The van der Waals surface area contributed by atoms with E-state index < -0.39 is 0 Å². The van der Waals surface area contributed by atoms with E-state index in [-0.39, 0.29) is 18.4 Å². The maximum absolute atomic E-state index is 12.4. The summed E-state index contributed by atoms with van der Waals surface area (Å²) in [7, 11) is 0. The van der Waals surface area contributed by atoms with Crippen LogP contribution in [-0.4, -0.2) is 12.5 Å². The molecule has 4 nitrogen and oxygen atoms in total. The van der Waals surface area contributed by atoms with Gasteiger partial charge in [0.05, 0.1) is 6.26 Å². The summed E-state index contributed by atoms with van der Waals surface area (Å²) in [5, 5.41) is 2.93. The van der Waals surface area contributed by atoms with E-state index in [1.807, 2.05) is 48.5 Å². The van der Waals surface area contributed by atoms with Gasteiger partial charge in [-0.3, -0.25) is 4.79 Å². The van der Waals surface area contributed by atoms with E-state index in [1.165, 1.54) is 11.8 Å². The lowest BCUT2D eigenvalue weighted by atomic mass is 10.0. The lowest BCUT2D eigenvalue weighted by molar-refractivity contribution is 0.0920. The predicted molar refractivity (Wildman–Crippen MR) is 96.7 cm³/mol. The topological polar surface area (TPSA) is 51.5 Å². The lowest BCUT2D eigenvalue weighted by Crippen LogP contribution is -2.28. The molecule has 1 amide bonds. The van der Waals surface area contributed by atoms with Gasteiger partial charge < -0.3 is 14.5 Å². The summed E-state index contributed by atoms with van der Waals surface area (Å²) in [4.78, 5) is 12.4. The number of nitrogens with one attached hydrogen (secondary N) is 1. The van der Waals surface area contributed by atoms with Crippen molar-refractivity contribution in [2.75, 3.05) is 6.54 Å². The average Bonchev–Trinajstić information content (AvgIpc) is 3.14. The molecule has 1 N–H and O–H groups in total. The van der Waals surface area contributed by atoms with Crippen LogP contribution in [0.1, 0.15) is 34.5 Å². The Morgan fingerprint density at radius 3 is 2.44 bits per heavy atom. The molecule has 0 aliphatic heterocycles. The third-order valence-electron chi connectivity index (χ3n) is 4.03. The van der Waals surface area contributed by atoms with Crippen LogP contribution in [0.25, 0.3) is 0 Å². The molecule has 0 aliphatic rings. The maximum Gasteiger partial charge on any atom is 0.287 e. The first-order chi connectivity index (χ1) is 12.2. The van der Waals surface area contributed by atoms with Gasteiger partial charge in [0.15, 0.2) is 5.76 Å². The highest BCUT2D eigenvalue weighted by Gasteiger charge is 2.17. The molecule has 3 rings (SSSR count). The fourth-order valence-corrected chi connectivity index (χ4v) is 2.55. The first-order valence-electron chi connectivity index (χ1n) is 8.31. The number of hydrogen-bond donors (Lipinski definition) is 1. The van der Waals surface area contributed by atoms with Gasteiger partial charge in [0.2, 0.25) is 0 Å². The van der Waals surface area contributed by atoms with Crippen LogP contribution < -0.4 is 10.1 Å². The van der Waals surface area contributed by atoms with E-state index in [0.29, 0.717) is 12.3 Å². The van der Waals surface area contributed by atoms with Gasteiger partial charge in [-0.25, -0.2) is 0 Å². The van der Waals surface area contributed by atoms with E-state index in [1.54, 1.807) is 6.07 Å². The van der Waals surface area contributed by atoms with Crippen LogP contribution in [-0.2, 0) is 6.61 Å². The fourth-order valence-electron chi connectivity index (χ4n) is 2.55. The Balaban J connectivity index is 1.57. The van der Waals surface area contributed by atoms with Crippen molar-refractivity contribution < 1.29 is 13.9 Å². The SMILES string of the molecule is CC(CNC(=O)c1occc1COc1ccccc1)c1ccccc1. The van der Waals surface area contributed by atoms with Crippen molar-refractivity contribution in [1.82, 2.24) is 5.32 Å². The van der Waals surface area contributed by atoms with Crippen molar-refractivity contribution in [3.63, 3.8) is 0 Å². The van der Waals surface area contributed by atoms with Crippen molar-refractivity contribution >= 4 is 5.91 Å². The Morgan fingerprint density at radius 1 is 1.04 bits per heavy atom. The Bertz CT molecular complexity index is 796. The number of carbonyl (C=O) groups excluding carboxylic acids is 1. The number of para-hydroxylation sites is 1. The summed E-state index contributed by atoms with van der Waals surface area (Å²) in [6, 6.07) is 21.4. The van der Waals surface area contributed by atoms with Gasteiger partial charge in [0.1, 0.15) is 12.4 Å². The Labute approximate surface area is 147 Å². The van der Waals surface area contributed by atoms with Gasteiger partial charge in [-0.1, -0.05) is 55.5 Å². The molecule has 2 aromatic carbocycles. The van der Waals surface area contributed by atoms with Crippen molar-refractivity contribution in [3.8, 4) is 5.75 Å². The predicted octanol–water partition coefficient (Wildman–Crippen LogP) is 4.39. The molecule has 1 atom stereocenters. The van der Waals surface area contributed by atoms with Gasteiger partial charge in [0.25, 0.3) is 5.91 Å². The number of benzene rings is 2. The number of ether oxygens (including phenoxy) is 1. The summed E-state index contributed by atoms with van der Waals surface area (Å²) in [5.41, 5.74) is 1.92. The zero-order chi connectivity index (χ0) is 17.5. The number of rotatable bonds is 7. The number of carbonyl (C=O) groups is 1. The zero-order valence-electron chi connectivity index (χ0n) is 14.1. The van der Waals surface area contributed by atoms with Crippen LogP contribution >= 0.6 is 0 Å². The van der Waals surface area contributed by atoms with E-state index in [9.17, 15) is 4.79 Å². The summed E-state index contributed by atoms with van der Waals surface area (Å²) in [5.74, 6) is 1.06. The monoisotopic (exact) mass is 335 g/mol. The molecule has 128 valence electrons. The molecule has 4 heteroatoms. The lowest BCUT2D eigenvalue weighted by Gasteiger charge is -2.13. The largest absolute Gasteiger partial charge is 0.489 e. The highest BCUT2D eigenvalue weighted by molar-refractivity contribution is 5.92. The second-order valence-electron chi connectivity index (χ2n) is 5.90. The summed E-state index contributed by atoms with van der Waals surface area (Å²) in [6.45, 7) is 2.91. The van der Waals surface area contributed by atoms with Gasteiger partial charge in [-0.15, -0.1) is 0 Å². The Hall–Kier alpha value is -3.01. The molecular formula is C21H21NO3. The first kappa shape index (κ1) is 16.8. The number of amides is 1. The smallest absolute Gasteiger partial charge is 0.287 e. The van der Waals surface area contributed by atoms with E-state index >= 15 is 0 Å². The molecule has 0 saturated carbocycles. The molecule has 0 aliphatic carbocycles. The minimum Gasteiger partial charge on any atom is -0.489 e. The minimum absolute atomic E-state index is 0.223. The molecule has 0 saturated heterocycles. The normalized spacial score (nSPS) is 11.7. The number of hydrogen-bond acceptors (Lipinski definition) is 3. The second-order valence-corrected chi connectivity index (χ2v) is 5.90. The average molecular weight is 335 g/mol. The molecule has 1 unspecified atom stereocenters. The maximum atomic E-state index is 12.4. The number of furan rings is 1. The Kier molecular flexibility index (Phi) is 5.52. The molecule has 0 radical (unpaired) electrons. The molecular weight excluding hydrogens is 314 g/mol. The summed E-state index contributed by atoms with van der Waals surface area (Å²) < 4.78 is 11.1. The molecule has 0 bridgehead atoms. The second kappa shape index (κ2) is 8.20. The molecule has 25 heavy (non-hydrogen) atoms. The fraction of sp³-hybridized carbons (Fsp3) is 0.190. The quantitative estimate of drug-likeness (QED) is 0.696. The summed E-state index contributed by atoms with van der Waals surface area (Å²) >= 11 is 0. The standard InChI is InChI=1S/C21H21NO3/c1-16(17-8-4-2-5-9-17)14-22-21(23)20-18(12-13-24-20)15-25-19-10-6-3-7-11-19/h2-13,16H,14-15H2,1H3,(H,22,23). The van der Waals surface area contributed by atoms with Gasteiger partial charge >= 0.3 is 0 Å². The van der Waals surface area contributed by atoms with Crippen molar-refractivity contribution in [2.24, 2.45) is 0 Å². The van der Waals surface area contributed by atoms with Crippen LogP contribution in [0.5, 0.6) is 5.75 Å². The molecule has 1 heterocycles. The van der Waals surface area contributed by atoms with Crippen LogP contribution in [0.15, 0.2) is 77.4 Å². The van der Waals surface area contributed by atoms with Crippen molar-refractivity contribution in [3.05, 3.63) is 89.9 Å². The van der Waals surface area contributed by atoms with Crippen molar-refractivity contribution in [1.29, 1.82) is 0 Å². The molecule has 0 spiro atoms. The summed E-state index contributed by atoms with van der Waals surface area (Å²) in [6.07, 6.45) is 1.51. The van der Waals surface area contributed by atoms with Gasteiger partial charge in [0, 0.05) is 12.1 Å². The van der Waals surface area contributed by atoms with E-state index in [4.69, 9.17) is 9.15 Å². The van der Waals surface area contributed by atoms with Crippen LogP contribution in [0, 0.1) is 0 Å². The molecule has 1 aromatic heterocycles. The highest BCUT2D eigenvalue weighted by Crippen LogP contribution is 2.17. The first-order valence-corrected chi connectivity index (χ1v) is 8.31. The van der Waals surface area contributed by atoms with Crippen LogP contribution in [0.4, 0.5) is 0 Å². The molecule has 3 aromatic rings.